The molecular formula is C17H14O3S. The number of benzene rings is 2. The summed E-state index contributed by atoms with van der Waals surface area (Å²) in [7, 11) is 0. The van der Waals surface area contributed by atoms with Crippen molar-refractivity contribution in [3.63, 3.8) is 0 Å². The lowest BCUT2D eigenvalue weighted by molar-refractivity contribution is -0.139. The SMILES string of the molecule is O=C1OC(c2ccccc2)C(O)=C1SCc1ccccc1. The number of aliphatic hydroxyl groups is 1. The zero-order valence-corrected chi connectivity index (χ0v) is 12.0. The van der Waals surface area contributed by atoms with Gasteiger partial charge in [0.25, 0.3) is 0 Å². The number of ether oxygens (including phenoxy) is 1. The van der Waals surface area contributed by atoms with E-state index in [2.05, 4.69) is 0 Å². The molecular weight excluding hydrogens is 284 g/mol. The van der Waals surface area contributed by atoms with E-state index in [9.17, 15) is 9.90 Å². The molecule has 1 aliphatic rings. The number of carbonyl (C=O) groups excluding carboxylic acids is 1. The van der Waals surface area contributed by atoms with Crippen LogP contribution in [0.4, 0.5) is 0 Å². The van der Waals surface area contributed by atoms with Crippen LogP contribution in [0.1, 0.15) is 17.2 Å². The molecule has 0 fully saturated rings. The summed E-state index contributed by atoms with van der Waals surface area (Å²) in [6.07, 6.45) is -0.683. The largest absolute Gasteiger partial charge is 0.507 e. The summed E-state index contributed by atoms with van der Waals surface area (Å²) in [5, 5.41) is 10.3. The van der Waals surface area contributed by atoms with Gasteiger partial charge in [-0.2, -0.15) is 0 Å². The zero-order valence-electron chi connectivity index (χ0n) is 11.2. The summed E-state index contributed by atoms with van der Waals surface area (Å²) in [5.74, 6) is 0.172. The monoisotopic (exact) mass is 298 g/mol. The van der Waals surface area contributed by atoms with Gasteiger partial charge in [0.2, 0.25) is 0 Å². The van der Waals surface area contributed by atoms with Crippen molar-refractivity contribution in [2.75, 3.05) is 0 Å². The molecule has 2 aromatic carbocycles. The molecule has 0 spiro atoms. The summed E-state index contributed by atoms with van der Waals surface area (Å²) in [6, 6.07) is 19.1. The lowest BCUT2D eigenvalue weighted by Crippen LogP contribution is -2.02. The van der Waals surface area contributed by atoms with Crippen LogP contribution in [0.2, 0.25) is 0 Å². The Kier molecular flexibility index (Phi) is 3.97. The van der Waals surface area contributed by atoms with E-state index in [4.69, 9.17) is 4.74 Å². The van der Waals surface area contributed by atoms with Crippen LogP contribution in [0.3, 0.4) is 0 Å². The first-order chi connectivity index (χ1) is 10.3. The smallest absolute Gasteiger partial charge is 0.349 e. The Balaban J connectivity index is 1.77. The van der Waals surface area contributed by atoms with Crippen molar-refractivity contribution in [3.8, 4) is 0 Å². The van der Waals surface area contributed by atoms with E-state index in [0.717, 1.165) is 11.1 Å². The summed E-state index contributed by atoms with van der Waals surface area (Å²) in [6.45, 7) is 0. The van der Waals surface area contributed by atoms with Crippen LogP contribution in [0.15, 0.2) is 71.3 Å². The van der Waals surface area contributed by atoms with E-state index in [1.165, 1.54) is 11.8 Å². The molecule has 0 aliphatic carbocycles. The van der Waals surface area contributed by atoms with Gasteiger partial charge in [-0.3, -0.25) is 0 Å². The summed E-state index contributed by atoms with van der Waals surface area (Å²) in [4.78, 5) is 12.2. The number of hydrogen-bond acceptors (Lipinski definition) is 4. The minimum absolute atomic E-state index is 0.00660. The van der Waals surface area contributed by atoms with Gasteiger partial charge in [-0.25, -0.2) is 4.79 Å². The van der Waals surface area contributed by atoms with Gasteiger partial charge in [0.05, 0.1) is 0 Å². The third kappa shape index (κ3) is 2.95. The van der Waals surface area contributed by atoms with Crippen molar-refractivity contribution in [2.45, 2.75) is 11.9 Å². The molecule has 1 aliphatic heterocycles. The minimum atomic E-state index is -0.683. The topological polar surface area (TPSA) is 46.5 Å². The average Bonchev–Trinajstić information content (AvgIpc) is 2.82. The lowest BCUT2D eigenvalue weighted by Gasteiger charge is -2.09. The van der Waals surface area contributed by atoms with Gasteiger partial charge in [-0.15, -0.1) is 11.8 Å². The van der Waals surface area contributed by atoms with Gasteiger partial charge in [-0.05, 0) is 5.56 Å². The van der Waals surface area contributed by atoms with Crippen molar-refractivity contribution >= 4 is 17.7 Å². The lowest BCUT2D eigenvalue weighted by atomic mass is 10.1. The van der Waals surface area contributed by atoms with Crippen molar-refractivity contribution < 1.29 is 14.6 Å². The summed E-state index contributed by atoms with van der Waals surface area (Å²) in [5.41, 5.74) is 1.87. The standard InChI is InChI=1S/C17H14O3S/c18-14-15(13-9-5-2-6-10-13)20-17(19)16(14)21-11-12-7-3-1-4-8-12/h1-10,15,18H,11H2. The van der Waals surface area contributed by atoms with Crippen LogP contribution in [0, 0.1) is 0 Å². The molecule has 3 nitrogen and oxygen atoms in total. The second-order valence-electron chi connectivity index (χ2n) is 4.68. The fraction of sp³-hybridized carbons (Fsp3) is 0.118. The van der Waals surface area contributed by atoms with Gasteiger partial charge in [0.1, 0.15) is 4.91 Å². The maximum atomic E-state index is 11.9. The molecule has 0 bridgehead atoms. The highest BCUT2D eigenvalue weighted by molar-refractivity contribution is 8.03. The van der Waals surface area contributed by atoms with Gasteiger partial charge >= 0.3 is 5.97 Å². The highest BCUT2D eigenvalue weighted by Gasteiger charge is 2.35. The number of esters is 1. The van der Waals surface area contributed by atoms with E-state index in [1.807, 2.05) is 60.7 Å². The van der Waals surface area contributed by atoms with Gasteiger partial charge in [0.15, 0.2) is 11.9 Å². The van der Waals surface area contributed by atoms with Gasteiger partial charge in [-0.1, -0.05) is 60.7 Å². The van der Waals surface area contributed by atoms with E-state index in [-0.39, 0.29) is 5.76 Å². The molecule has 1 unspecified atom stereocenters. The van der Waals surface area contributed by atoms with Crippen molar-refractivity contribution in [1.29, 1.82) is 0 Å². The predicted octanol–water partition coefficient (Wildman–Crippen LogP) is 3.99. The van der Waals surface area contributed by atoms with Crippen LogP contribution in [-0.2, 0) is 15.3 Å². The average molecular weight is 298 g/mol. The summed E-state index contributed by atoms with van der Waals surface area (Å²) >= 11 is 1.31. The van der Waals surface area contributed by atoms with Crippen LogP contribution in [0.25, 0.3) is 0 Å². The number of cyclic esters (lactones) is 1. The normalized spacial score (nSPS) is 17.9. The minimum Gasteiger partial charge on any atom is -0.507 e. The Hall–Kier alpha value is -2.20. The molecule has 3 rings (SSSR count). The van der Waals surface area contributed by atoms with Crippen molar-refractivity contribution in [1.82, 2.24) is 0 Å². The molecule has 2 aromatic rings. The first kappa shape index (κ1) is 13.8. The third-order valence-corrected chi connectivity index (χ3v) is 4.36. The zero-order chi connectivity index (χ0) is 14.7. The third-order valence-electron chi connectivity index (χ3n) is 3.22. The van der Waals surface area contributed by atoms with E-state index >= 15 is 0 Å². The van der Waals surface area contributed by atoms with Gasteiger partial charge in [0, 0.05) is 11.3 Å². The highest BCUT2D eigenvalue weighted by atomic mass is 32.2. The molecule has 1 heterocycles. The molecule has 0 aromatic heterocycles. The van der Waals surface area contributed by atoms with Crippen molar-refractivity contribution in [2.24, 2.45) is 0 Å². The number of aliphatic hydroxyl groups excluding tert-OH is 1. The van der Waals surface area contributed by atoms with Gasteiger partial charge < -0.3 is 9.84 Å². The molecule has 0 amide bonds. The van der Waals surface area contributed by atoms with Crippen LogP contribution in [-0.4, -0.2) is 11.1 Å². The maximum absolute atomic E-state index is 11.9. The fourth-order valence-electron chi connectivity index (χ4n) is 2.16. The Morgan fingerprint density at radius 3 is 2.29 bits per heavy atom. The summed E-state index contributed by atoms with van der Waals surface area (Å²) < 4.78 is 5.28. The molecule has 106 valence electrons. The predicted molar refractivity (Wildman–Crippen MR) is 82.7 cm³/mol. The quantitative estimate of drug-likeness (QED) is 0.867. The molecule has 0 saturated heterocycles. The van der Waals surface area contributed by atoms with Crippen LogP contribution < -0.4 is 0 Å². The number of thioether (sulfide) groups is 1. The molecule has 1 N–H and O–H groups in total. The first-order valence-electron chi connectivity index (χ1n) is 6.61. The maximum Gasteiger partial charge on any atom is 0.349 e. The van der Waals surface area contributed by atoms with E-state index < -0.39 is 12.1 Å². The van der Waals surface area contributed by atoms with E-state index in [1.54, 1.807) is 0 Å². The molecule has 4 heteroatoms. The molecule has 21 heavy (non-hydrogen) atoms. The molecule has 1 atom stereocenters. The highest BCUT2D eigenvalue weighted by Crippen LogP contribution is 2.39. The fourth-order valence-corrected chi connectivity index (χ4v) is 3.08. The van der Waals surface area contributed by atoms with Crippen molar-refractivity contribution in [3.05, 3.63) is 82.5 Å². The Morgan fingerprint density at radius 1 is 1.00 bits per heavy atom. The number of carbonyl (C=O) groups is 1. The second-order valence-corrected chi connectivity index (χ2v) is 5.67. The van der Waals surface area contributed by atoms with Crippen LogP contribution >= 0.6 is 11.8 Å². The second kappa shape index (κ2) is 6.06. The number of hydrogen-bond donors (Lipinski definition) is 1. The number of rotatable bonds is 4. The first-order valence-corrected chi connectivity index (χ1v) is 7.60. The Labute approximate surface area is 127 Å². The van der Waals surface area contributed by atoms with Crippen LogP contribution in [0.5, 0.6) is 0 Å². The molecule has 0 radical (unpaired) electrons. The molecule has 0 saturated carbocycles. The Bertz CT molecular complexity index is 665. The van der Waals surface area contributed by atoms with E-state index in [0.29, 0.717) is 10.7 Å². The Morgan fingerprint density at radius 2 is 1.62 bits per heavy atom.